The van der Waals surface area contributed by atoms with Crippen molar-refractivity contribution in [3.05, 3.63) is 23.5 Å². The van der Waals surface area contributed by atoms with Crippen molar-refractivity contribution in [3.8, 4) is 17.6 Å². The molecule has 1 aromatic rings. The number of rotatable bonds is 1. The summed E-state index contributed by atoms with van der Waals surface area (Å²) in [5, 5.41) is 8.46. The van der Waals surface area contributed by atoms with Crippen LogP contribution in [-0.2, 0) is 6.42 Å². The summed E-state index contributed by atoms with van der Waals surface area (Å²) in [6.07, 6.45) is -0.00162. The van der Waals surface area contributed by atoms with Gasteiger partial charge in [-0.1, -0.05) is 0 Å². The molecular weight excluding hydrogens is 173 g/mol. The third-order valence-corrected chi connectivity index (χ3v) is 1.84. The highest BCUT2D eigenvalue weighted by Crippen LogP contribution is 2.36. The van der Waals surface area contributed by atoms with Crippen LogP contribution < -0.4 is 9.47 Å². The average Bonchev–Trinajstić information content (AvgIpc) is 2.58. The summed E-state index contributed by atoms with van der Waals surface area (Å²) in [5.74, 6) is 0.444. The van der Waals surface area contributed by atoms with Gasteiger partial charge in [0, 0.05) is 5.56 Å². The first-order chi connectivity index (χ1) is 6.33. The first kappa shape index (κ1) is 7.87. The number of fused-ring (bicyclic) bond motifs is 1. The Morgan fingerprint density at radius 2 is 2.31 bits per heavy atom. The molecule has 0 saturated heterocycles. The molecule has 1 heterocycles. The van der Waals surface area contributed by atoms with Crippen LogP contribution in [0.1, 0.15) is 5.56 Å². The first-order valence-corrected chi connectivity index (χ1v) is 3.77. The van der Waals surface area contributed by atoms with E-state index >= 15 is 0 Å². The normalized spacial score (nSPS) is 12.6. The third-order valence-electron chi connectivity index (χ3n) is 1.84. The van der Waals surface area contributed by atoms with E-state index in [0.717, 1.165) is 0 Å². The van der Waals surface area contributed by atoms with Crippen molar-refractivity contribution in [2.24, 2.45) is 0 Å². The Labute approximate surface area is 74.3 Å². The van der Waals surface area contributed by atoms with E-state index < -0.39 is 5.82 Å². The Balaban J connectivity index is 2.53. The van der Waals surface area contributed by atoms with Crippen molar-refractivity contribution in [2.45, 2.75) is 6.42 Å². The summed E-state index contributed by atoms with van der Waals surface area (Å²) in [5.41, 5.74) is 0.275. The van der Waals surface area contributed by atoms with Crippen LogP contribution in [0.3, 0.4) is 0 Å². The molecule has 1 aromatic carbocycles. The Kier molecular flexibility index (Phi) is 1.78. The van der Waals surface area contributed by atoms with Crippen LogP contribution in [-0.4, -0.2) is 6.79 Å². The van der Waals surface area contributed by atoms with Gasteiger partial charge in [0.25, 0.3) is 0 Å². The summed E-state index contributed by atoms with van der Waals surface area (Å²) in [4.78, 5) is 0. The average molecular weight is 179 g/mol. The molecule has 1 aliphatic heterocycles. The third kappa shape index (κ3) is 1.18. The maximum atomic E-state index is 13.1. The number of nitrogens with zero attached hydrogens (tertiary/aromatic N) is 1. The summed E-state index contributed by atoms with van der Waals surface area (Å²) in [6.45, 7) is 0.0945. The molecule has 1 aliphatic rings. The van der Waals surface area contributed by atoms with Gasteiger partial charge in [0.1, 0.15) is 5.82 Å². The number of hydrogen-bond donors (Lipinski definition) is 0. The van der Waals surface area contributed by atoms with E-state index in [1.807, 2.05) is 6.07 Å². The van der Waals surface area contributed by atoms with Crippen LogP contribution in [0.2, 0.25) is 0 Å². The molecule has 4 heteroatoms. The highest BCUT2D eigenvalue weighted by molar-refractivity contribution is 5.49. The molecule has 0 spiro atoms. The highest BCUT2D eigenvalue weighted by Gasteiger charge is 2.20. The Bertz CT molecular complexity index is 384. The monoisotopic (exact) mass is 179 g/mol. The standard InChI is InChI=1S/C9H6FNO2/c10-7-1-2-8-9(13-5-12-8)6(7)3-4-11/h1-2H,3,5H2. The van der Waals surface area contributed by atoms with E-state index in [4.69, 9.17) is 14.7 Å². The minimum Gasteiger partial charge on any atom is -0.454 e. The van der Waals surface area contributed by atoms with Gasteiger partial charge in [0.05, 0.1) is 12.5 Å². The van der Waals surface area contributed by atoms with E-state index in [0.29, 0.717) is 11.5 Å². The molecule has 0 saturated carbocycles. The lowest BCUT2D eigenvalue weighted by Gasteiger charge is -2.02. The van der Waals surface area contributed by atoms with Crippen LogP contribution in [0.15, 0.2) is 12.1 Å². The quantitative estimate of drug-likeness (QED) is 0.657. The lowest BCUT2D eigenvalue weighted by molar-refractivity contribution is 0.173. The molecule has 0 unspecified atom stereocenters. The molecule has 0 aliphatic carbocycles. The van der Waals surface area contributed by atoms with Crippen molar-refractivity contribution < 1.29 is 13.9 Å². The molecule has 3 nitrogen and oxygen atoms in total. The van der Waals surface area contributed by atoms with Crippen LogP contribution in [0, 0.1) is 17.1 Å². The second kappa shape index (κ2) is 2.94. The van der Waals surface area contributed by atoms with Gasteiger partial charge in [-0.25, -0.2) is 4.39 Å². The molecule has 66 valence electrons. The van der Waals surface area contributed by atoms with Gasteiger partial charge in [-0.05, 0) is 12.1 Å². The van der Waals surface area contributed by atoms with Crippen molar-refractivity contribution in [3.63, 3.8) is 0 Å². The Hall–Kier alpha value is -1.76. The second-order valence-corrected chi connectivity index (χ2v) is 2.59. The second-order valence-electron chi connectivity index (χ2n) is 2.59. The molecule has 0 fully saturated rings. The summed E-state index contributed by atoms with van der Waals surface area (Å²) in [7, 11) is 0. The summed E-state index contributed by atoms with van der Waals surface area (Å²) < 4.78 is 23.2. The molecule has 13 heavy (non-hydrogen) atoms. The van der Waals surface area contributed by atoms with Gasteiger partial charge < -0.3 is 9.47 Å². The van der Waals surface area contributed by atoms with Crippen LogP contribution in [0.5, 0.6) is 11.5 Å². The number of hydrogen-bond acceptors (Lipinski definition) is 3. The van der Waals surface area contributed by atoms with Crippen molar-refractivity contribution in [2.75, 3.05) is 6.79 Å². The van der Waals surface area contributed by atoms with E-state index in [1.165, 1.54) is 12.1 Å². The molecule has 0 aromatic heterocycles. The van der Waals surface area contributed by atoms with E-state index in [2.05, 4.69) is 0 Å². The molecule has 0 bridgehead atoms. The van der Waals surface area contributed by atoms with Crippen LogP contribution in [0.4, 0.5) is 4.39 Å². The predicted molar refractivity (Wildman–Crippen MR) is 41.8 cm³/mol. The van der Waals surface area contributed by atoms with E-state index in [1.54, 1.807) is 0 Å². The maximum Gasteiger partial charge on any atom is 0.231 e. The number of halogens is 1. The first-order valence-electron chi connectivity index (χ1n) is 3.77. The molecule has 0 radical (unpaired) electrons. The van der Waals surface area contributed by atoms with Gasteiger partial charge in [0.2, 0.25) is 6.79 Å². The molecule has 2 rings (SSSR count). The SMILES string of the molecule is N#CCc1c(F)ccc2c1OCO2. The lowest BCUT2D eigenvalue weighted by atomic mass is 10.1. The summed E-state index contributed by atoms with van der Waals surface area (Å²) in [6, 6.07) is 4.66. The maximum absolute atomic E-state index is 13.1. The zero-order chi connectivity index (χ0) is 9.26. The van der Waals surface area contributed by atoms with Gasteiger partial charge in [-0.2, -0.15) is 5.26 Å². The van der Waals surface area contributed by atoms with Crippen molar-refractivity contribution in [1.29, 1.82) is 5.26 Å². The van der Waals surface area contributed by atoms with Gasteiger partial charge in [0.15, 0.2) is 11.5 Å². The number of benzene rings is 1. The minimum atomic E-state index is -0.425. The molecule has 0 amide bonds. The smallest absolute Gasteiger partial charge is 0.231 e. The predicted octanol–water partition coefficient (Wildman–Crippen LogP) is 1.62. The van der Waals surface area contributed by atoms with Crippen molar-refractivity contribution in [1.82, 2.24) is 0 Å². The zero-order valence-electron chi connectivity index (χ0n) is 6.71. The van der Waals surface area contributed by atoms with Gasteiger partial charge in [-0.15, -0.1) is 0 Å². The molecule has 0 atom stereocenters. The van der Waals surface area contributed by atoms with Gasteiger partial charge in [-0.3, -0.25) is 0 Å². The summed E-state index contributed by atoms with van der Waals surface area (Å²) >= 11 is 0. The van der Waals surface area contributed by atoms with Crippen molar-refractivity contribution >= 4 is 0 Å². The minimum absolute atomic E-state index is 0.00162. The van der Waals surface area contributed by atoms with E-state index in [9.17, 15) is 4.39 Å². The van der Waals surface area contributed by atoms with Crippen LogP contribution in [0.25, 0.3) is 0 Å². The number of ether oxygens (including phenoxy) is 2. The Morgan fingerprint density at radius 1 is 1.46 bits per heavy atom. The topological polar surface area (TPSA) is 42.2 Å². The van der Waals surface area contributed by atoms with Crippen LogP contribution >= 0.6 is 0 Å². The molecule has 0 N–H and O–H groups in total. The fraction of sp³-hybridized carbons (Fsp3) is 0.222. The van der Waals surface area contributed by atoms with Gasteiger partial charge >= 0.3 is 0 Å². The zero-order valence-corrected chi connectivity index (χ0v) is 6.71. The lowest BCUT2D eigenvalue weighted by Crippen LogP contribution is -1.95. The highest BCUT2D eigenvalue weighted by atomic mass is 19.1. The largest absolute Gasteiger partial charge is 0.454 e. The fourth-order valence-electron chi connectivity index (χ4n) is 1.25. The van der Waals surface area contributed by atoms with E-state index in [-0.39, 0.29) is 18.8 Å². The molecular formula is C9H6FNO2. The number of nitriles is 1. The Morgan fingerprint density at radius 3 is 3.08 bits per heavy atom. The fourth-order valence-corrected chi connectivity index (χ4v) is 1.25.